The molecule has 1 atom stereocenters. The summed E-state index contributed by atoms with van der Waals surface area (Å²) in [5.74, 6) is -1.83. The molecule has 1 aliphatic carbocycles. The van der Waals surface area contributed by atoms with Crippen LogP contribution in [-0.4, -0.2) is 77.2 Å². The molecule has 1 unspecified atom stereocenters. The second kappa shape index (κ2) is 10.2. The van der Waals surface area contributed by atoms with Gasteiger partial charge in [0.1, 0.15) is 10.9 Å². The van der Waals surface area contributed by atoms with Gasteiger partial charge in [-0.25, -0.2) is 32.0 Å². The summed E-state index contributed by atoms with van der Waals surface area (Å²) >= 11 is 0. The van der Waals surface area contributed by atoms with E-state index in [4.69, 9.17) is 5.14 Å². The molecule has 41 heavy (non-hydrogen) atoms. The van der Waals surface area contributed by atoms with Gasteiger partial charge in [0.15, 0.2) is 5.82 Å². The number of primary sulfonamides is 1. The van der Waals surface area contributed by atoms with E-state index in [2.05, 4.69) is 25.2 Å². The lowest BCUT2D eigenvalue weighted by atomic mass is 9.92. The Morgan fingerprint density at radius 2 is 1.68 bits per heavy atom. The van der Waals surface area contributed by atoms with Gasteiger partial charge >= 0.3 is 0 Å². The van der Waals surface area contributed by atoms with Crippen molar-refractivity contribution in [2.75, 3.05) is 42.6 Å². The molecule has 3 aromatic rings. The first-order valence-electron chi connectivity index (χ1n) is 13.9. The van der Waals surface area contributed by atoms with Gasteiger partial charge in [-0.3, -0.25) is 0 Å². The van der Waals surface area contributed by atoms with Crippen LogP contribution in [-0.2, 0) is 10.0 Å². The van der Waals surface area contributed by atoms with Crippen LogP contribution in [0.4, 0.5) is 20.4 Å². The maximum Gasteiger partial charge on any atom is 0.251 e. The summed E-state index contributed by atoms with van der Waals surface area (Å²) in [4.78, 5) is 13.1. The van der Waals surface area contributed by atoms with E-state index in [9.17, 15) is 22.3 Å². The fourth-order valence-electron chi connectivity index (χ4n) is 5.85. The van der Waals surface area contributed by atoms with E-state index >= 15 is 0 Å². The number of hydrogen-bond acceptors (Lipinski definition) is 9. The summed E-state index contributed by atoms with van der Waals surface area (Å²) in [5, 5.41) is 22.7. The molecular weight excluding hydrogens is 554 g/mol. The van der Waals surface area contributed by atoms with Gasteiger partial charge in [0.05, 0.1) is 12.8 Å². The Kier molecular flexibility index (Phi) is 6.97. The molecule has 4 heterocycles. The summed E-state index contributed by atoms with van der Waals surface area (Å²) in [6.45, 7) is 3.17. The monoisotopic (exact) mass is 588 g/mol. The third-order valence-electron chi connectivity index (χ3n) is 8.69. The number of aromatic nitrogens is 5. The molecule has 3 aliphatic rings. The number of sulfonamides is 1. The van der Waals surface area contributed by atoms with Crippen molar-refractivity contribution in [2.45, 2.75) is 56.6 Å². The Hall–Kier alpha value is -3.23. The number of aryl methyl sites for hydroxylation is 1. The van der Waals surface area contributed by atoms with Crippen molar-refractivity contribution in [3.05, 3.63) is 41.7 Å². The minimum absolute atomic E-state index is 0.165. The fourth-order valence-corrected chi connectivity index (χ4v) is 6.59. The van der Waals surface area contributed by atoms with Gasteiger partial charge in [-0.1, -0.05) is 17.3 Å². The van der Waals surface area contributed by atoms with Crippen LogP contribution in [0.5, 0.6) is 0 Å². The number of hydrogen-bond donors (Lipinski definition) is 2. The zero-order valence-corrected chi connectivity index (χ0v) is 23.7. The van der Waals surface area contributed by atoms with Gasteiger partial charge in [0, 0.05) is 62.0 Å². The molecule has 0 radical (unpaired) electrons. The second-order valence-corrected chi connectivity index (χ2v) is 13.3. The summed E-state index contributed by atoms with van der Waals surface area (Å²) in [5.41, 5.74) is 3.66. The molecule has 2 saturated heterocycles. The highest BCUT2D eigenvalue weighted by atomic mass is 32.2. The van der Waals surface area contributed by atoms with Crippen molar-refractivity contribution in [3.8, 4) is 17.1 Å². The first-order chi connectivity index (χ1) is 19.5. The maximum absolute atomic E-state index is 13.7. The average Bonchev–Trinajstić information content (AvgIpc) is 3.48. The number of aliphatic hydroxyl groups excluding tert-OH is 1. The molecule has 1 saturated carbocycles. The normalized spacial score (nSPS) is 20.8. The molecule has 14 heteroatoms. The van der Waals surface area contributed by atoms with Gasteiger partial charge in [-0.2, -0.15) is 4.98 Å². The Bertz CT molecular complexity index is 1540. The Labute approximate surface area is 237 Å². The molecular formula is C27H34F2N8O3S. The van der Waals surface area contributed by atoms with E-state index in [1.165, 1.54) is 17.5 Å². The number of alkyl halides is 2. The highest BCUT2D eigenvalue weighted by Gasteiger charge is 2.44. The Morgan fingerprint density at radius 3 is 2.32 bits per heavy atom. The smallest absolute Gasteiger partial charge is 0.251 e. The van der Waals surface area contributed by atoms with E-state index in [1.807, 2.05) is 6.92 Å². The third-order valence-corrected chi connectivity index (χ3v) is 9.90. The van der Waals surface area contributed by atoms with E-state index in [0.717, 1.165) is 37.2 Å². The zero-order valence-electron chi connectivity index (χ0n) is 22.9. The highest BCUT2D eigenvalue weighted by molar-refractivity contribution is 7.89. The van der Waals surface area contributed by atoms with Crippen LogP contribution in [0.2, 0.25) is 0 Å². The van der Waals surface area contributed by atoms with Gasteiger partial charge in [0.25, 0.3) is 5.92 Å². The molecule has 0 bridgehead atoms. The predicted molar refractivity (Wildman–Crippen MR) is 150 cm³/mol. The fraction of sp³-hybridized carbons (Fsp3) is 0.556. The van der Waals surface area contributed by atoms with Crippen molar-refractivity contribution in [1.82, 2.24) is 25.0 Å². The Morgan fingerprint density at radius 1 is 1.00 bits per heavy atom. The highest BCUT2D eigenvalue weighted by Crippen LogP contribution is 2.54. The number of halogens is 2. The van der Waals surface area contributed by atoms with Crippen LogP contribution in [0.3, 0.4) is 0 Å². The quantitative estimate of drug-likeness (QED) is 0.426. The van der Waals surface area contributed by atoms with Gasteiger partial charge in [-0.15, -0.1) is 5.10 Å². The molecule has 1 spiro atoms. The molecule has 11 nitrogen and oxygen atoms in total. The van der Waals surface area contributed by atoms with E-state index < -0.39 is 27.8 Å². The van der Waals surface area contributed by atoms with E-state index in [0.29, 0.717) is 34.1 Å². The molecule has 0 amide bonds. The topological polar surface area (TPSA) is 143 Å². The summed E-state index contributed by atoms with van der Waals surface area (Å²) < 4.78 is 53.3. The Balaban J connectivity index is 1.33. The van der Waals surface area contributed by atoms with Gasteiger partial charge in [-0.05, 0) is 49.7 Å². The number of nitrogens with zero attached hydrogens (tertiary/aromatic N) is 7. The van der Waals surface area contributed by atoms with E-state index in [-0.39, 0.29) is 25.9 Å². The molecule has 1 aromatic carbocycles. The number of benzene rings is 1. The van der Waals surface area contributed by atoms with E-state index in [1.54, 1.807) is 35.4 Å². The van der Waals surface area contributed by atoms with Gasteiger partial charge in [0.2, 0.25) is 16.0 Å². The number of aliphatic hydroxyl groups is 1. The molecule has 3 fully saturated rings. The van der Waals surface area contributed by atoms with Gasteiger partial charge < -0.3 is 14.9 Å². The minimum Gasteiger partial charge on any atom is -0.395 e. The van der Waals surface area contributed by atoms with Crippen molar-refractivity contribution in [1.29, 1.82) is 0 Å². The van der Waals surface area contributed by atoms with Crippen LogP contribution >= 0.6 is 0 Å². The zero-order chi connectivity index (χ0) is 29.0. The van der Waals surface area contributed by atoms with Crippen molar-refractivity contribution >= 4 is 21.7 Å². The SMILES string of the molecule is Cc1cc(-n2cc(-c3ccc(C(CO)S(N)(=O)=O)cc3N3CCC4(CC3)CC4)nn2)nc(N2CCC(F)(F)CC2)n1. The standard InChI is InChI=1S/C27H34F2N8O3S/c1-18-14-24(32-25(31-18)36-12-8-27(28,29)9-13-36)37-16-21(33-34-37)20-3-2-19(23(17-38)41(30,39)40)15-22(20)35-10-6-26(4-5-26)7-11-35/h2-3,14-16,23,38H,4-13,17H2,1H3,(H2,30,39,40). The largest absolute Gasteiger partial charge is 0.395 e. The first kappa shape index (κ1) is 27.9. The number of rotatable bonds is 7. The lowest BCUT2D eigenvalue weighted by molar-refractivity contribution is -0.0222. The molecule has 2 aliphatic heterocycles. The van der Waals surface area contributed by atoms with Crippen molar-refractivity contribution < 1.29 is 22.3 Å². The van der Waals surface area contributed by atoms with Crippen molar-refractivity contribution in [2.24, 2.45) is 10.6 Å². The minimum atomic E-state index is -4.02. The van der Waals surface area contributed by atoms with Crippen molar-refractivity contribution in [3.63, 3.8) is 0 Å². The molecule has 6 rings (SSSR count). The molecule has 3 N–H and O–H groups in total. The van der Waals surface area contributed by atoms with Crippen LogP contribution in [0.15, 0.2) is 30.5 Å². The average molecular weight is 589 g/mol. The maximum atomic E-state index is 13.7. The molecule has 220 valence electrons. The summed E-state index contributed by atoms with van der Waals surface area (Å²) in [7, 11) is -4.02. The van der Waals surface area contributed by atoms with Crippen LogP contribution in [0, 0.1) is 12.3 Å². The number of piperidine rings is 2. The summed E-state index contributed by atoms with van der Waals surface area (Å²) in [6.07, 6.45) is 5.88. The predicted octanol–water partition coefficient (Wildman–Crippen LogP) is 2.97. The number of nitrogens with two attached hydrogens (primary N) is 1. The lowest BCUT2D eigenvalue weighted by Crippen LogP contribution is -2.40. The summed E-state index contributed by atoms with van der Waals surface area (Å²) in [6, 6.07) is 6.97. The van der Waals surface area contributed by atoms with Crippen LogP contribution in [0.1, 0.15) is 55.0 Å². The van der Waals surface area contributed by atoms with Crippen LogP contribution in [0.25, 0.3) is 17.1 Å². The van der Waals surface area contributed by atoms with Crippen LogP contribution < -0.4 is 14.9 Å². The molecule has 2 aromatic heterocycles. The first-order valence-corrected chi connectivity index (χ1v) is 15.5. The third kappa shape index (κ3) is 5.77. The lowest BCUT2D eigenvalue weighted by Gasteiger charge is -2.35. The second-order valence-electron chi connectivity index (χ2n) is 11.6. The number of anilines is 2.